The van der Waals surface area contributed by atoms with Gasteiger partial charge < -0.3 is 0 Å². The molecule has 0 saturated carbocycles. The van der Waals surface area contributed by atoms with Gasteiger partial charge in [-0.25, -0.2) is 0 Å². The molecule has 0 aromatic carbocycles. The number of rotatable bonds is 0. The van der Waals surface area contributed by atoms with Gasteiger partial charge in [0, 0.05) is 0 Å². The zero-order valence-electron chi connectivity index (χ0n) is 17.3. The summed E-state index contributed by atoms with van der Waals surface area (Å²) in [4.78, 5) is 28.4. The van der Waals surface area contributed by atoms with Gasteiger partial charge in [-0.05, 0) is 0 Å². The van der Waals surface area contributed by atoms with Gasteiger partial charge in [0.1, 0.15) is 0 Å². The van der Waals surface area contributed by atoms with Gasteiger partial charge in [0.25, 0.3) is 0 Å². The molecular formula is C16H40Sn6. The third kappa shape index (κ3) is 125. The predicted molar refractivity (Wildman–Crippen MR) is 123 cm³/mol. The second-order valence-corrected chi connectivity index (χ2v) is 47.0. The summed E-state index contributed by atoms with van der Waals surface area (Å²) in [5.41, 5.74) is 0. The summed E-state index contributed by atoms with van der Waals surface area (Å²) in [6, 6.07) is 0. The summed E-state index contributed by atoms with van der Waals surface area (Å²) in [5, 5.41) is 0. The van der Waals surface area contributed by atoms with E-state index < -0.39 is 79.0 Å². The van der Waals surface area contributed by atoms with E-state index >= 15 is 0 Å². The van der Waals surface area contributed by atoms with Crippen LogP contribution in [0.15, 0.2) is 16.4 Å². The van der Waals surface area contributed by atoms with E-state index in [4.69, 9.17) is 0 Å². The van der Waals surface area contributed by atoms with Gasteiger partial charge in [0.2, 0.25) is 0 Å². The summed E-state index contributed by atoms with van der Waals surface area (Å²) < 4.78 is 9.70. The van der Waals surface area contributed by atoms with Gasteiger partial charge in [0.05, 0.1) is 0 Å². The van der Waals surface area contributed by atoms with Crippen molar-refractivity contribution in [1.29, 1.82) is 0 Å². The summed E-state index contributed by atoms with van der Waals surface area (Å²) in [7, 11) is 0. The van der Waals surface area contributed by atoms with Crippen LogP contribution < -0.4 is 0 Å². The molecule has 0 atom stereocenters. The molecule has 0 unspecified atom stereocenters. The molecule has 0 bridgehead atoms. The third-order valence-corrected chi connectivity index (χ3v) is 10.1. The SMILES string of the molecule is [CH3][Sn]([CH3])[CH3].[CH3][Sn]([CH3])[CH3].[CH3][Sn]([CH3])[CH3].[CH3][Sn]([CH3])[CH3].[CH]1=[CH][Sn][CH]=[CH][Sn]1. The molecule has 1 aliphatic heterocycles. The fourth-order valence-corrected chi connectivity index (χ4v) is 9.41. The molecule has 0 nitrogen and oxygen atoms in total. The minimum atomic E-state index is -0.543. The van der Waals surface area contributed by atoms with Gasteiger partial charge in [-0.2, -0.15) is 0 Å². The van der Waals surface area contributed by atoms with Crippen LogP contribution in [0.5, 0.6) is 0 Å². The second kappa shape index (κ2) is 30.0. The Bertz CT molecular complexity index is 168. The molecule has 22 heavy (non-hydrogen) atoms. The van der Waals surface area contributed by atoms with Crippen molar-refractivity contribution in [3.63, 3.8) is 0 Å². The van der Waals surface area contributed by atoms with Crippen molar-refractivity contribution in [3.05, 3.63) is 16.4 Å². The third-order valence-electron chi connectivity index (χ3n) is 0.552. The molecule has 0 N–H and O–H groups in total. The maximum atomic E-state index is 2.43. The molecule has 1 heterocycles. The van der Waals surface area contributed by atoms with E-state index in [2.05, 4.69) is 75.6 Å². The molecule has 0 amide bonds. The second-order valence-electron chi connectivity index (χ2n) is 7.00. The molecule has 0 saturated heterocycles. The van der Waals surface area contributed by atoms with Crippen LogP contribution in [0.4, 0.5) is 0 Å². The molecule has 0 fully saturated rings. The molecule has 1 rings (SSSR count). The van der Waals surface area contributed by atoms with Crippen LogP contribution in [0.3, 0.4) is 0 Å². The quantitative estimate of drug-likeness (QED) is 0.269. The van der Waals surface area contributed by atoms with Gasteiger partial charge >= 0.3 is 197 Å². The molecule has 0 aromatic heterocycles. The van der Waals surface area contributed by atoms with E-state index in [-0.39, 0.29) is 42.3 Å². The van der Waals surface area contributed by atoms with Gasteiger partial charge in [-0.1, -0.05) is 0 Å². The minimum absolute atomic E-state index is 0.0322. The Kier molecular flexibility index (Phi) is 46.1. The van der Waals surface area contributed by atoms with Crippen molar-refractivity contribution in [2.45, 2.75) is 59.3 Å². The van der Waals surface area contributed by atoms with E-state index in [0.29, 0.717) is 0 Å². The van der Waals surface area contributed by atoms with Crippen molar-refractivity contribution in [2.75, 3.05) is 0 Å². The average Bonchev–Trinajstić information content (AvgIpc) is 2.28. The molecule has 0 spiro atoms. The Morgan fingerprint density at radius 2 is 0.455 bits per heavy atom. The maximum absolute atomic E-state index is 2.43. The average molecular weight is 945 g/mol. The molecule has 0 aromatic rings. The van der Waals surface area contributed by atoms with Crippen LogP contribution in [-0.2, 0) is 0 Å². The monoisotopic (exact) mass is 952 g/mol. The molecule has 8 radical (unpaired) electrons. The summed E-state index contributed by atoms with van der Waals surface area (Å²) in [6.07, 6.45) is 0. The fourth-order valence-electron chi connectivity index (χ4n) is 0.304. The topological polar surface area (TPSA) is 0 Å². The van der Waals surface area contributed by atoms with Crippen LogP contribution in [0.2, 0.25) is 59.3 Å². The molecular weight excluding hydrogens is 904 g/mol. The van der Waals surface area contributed by atoms with Crippen LogP contribution in [0.1, 0.15) is 0 Å². The van der Waals surface area contributed by atoms with Gasteiger partial charge in [0.15, 0.2) is 0 Å². The van der Waals surface area contributed by atoms with Crippen LogP contribution in [-0.4, -0.2) is 121 Å². The van der Waals surface area contributed by atoms with E-state index in [1.54, 1.807) is 0 Å². The van der Waals surface area contributed by atoms with Crippen molar-refractivity contribution in [2.24, 2.45) is 0 Å². The Hall–Kier alpha value is 4.27. The molecule has 1 aliphatic rings. The summed E-state index contributed by atoms with van der Waals surface area (Å²) in [5.74, 6) is 0. The zero-order valence-corrected chi connectivity index (χ0v) is 34.4. The first-order valence-electron chi connectivity index (χ1n) is 7.82. The Balaban J connectivity index is -0.0000000937. The van der Waals surface area contributed by atoms with E-state index in [9.17, 15) is 0 Å². The van der Waals surface area contributed by atoms with Gasteiger partial charge in [-0.15, -0.1) is 0 Å². The van der Waals surface area contributed by atoms with E-state index in [1.807, 2.05) is 0 Å². The first-order chi connectivity index (χ1) is 9.93. The number of hydrogen-bond acceptors (Lipinski definition) is 0. The fraction of sp³-hybridized carbons (Fsp3) is 0.750. The standard InChI is InChI=1S/2C2H2.12CH3.6Sn/c2*1-2;;;;;;;;;;;;;;;;;;/h2*1-2H;12*1H3;;;;;;. The van der Waals surface area contributed by atoms with Crippen LogP contribution in [0.25, 0.3) is 0 Å². The van der Waals surface area contributed by atoms with Crippen LogP contribution >= 0.6 is 0 Å². The molecule has 128 valence electrons. The first-order valence-corrected chi connectivity index (χ1v) is 48.7. The van der Waals surface area contributed by atoms with E-state index in [0.717, 1.165) is 0 Å². The molecule has 0 aliphatic carbocycles. The Labute approximate surface area is 192 Å². The first kappa shape index (κ1) is 33.8. The van der Waals surface area contributed by atoms with Gasteiger partial charge in [-0.3, -0.25) is 0 Å². The van der Waals surface area contributed by atoms with Crippen molar-refractivity contribution < 1.29 is 0 Å². The predicted octanol–water partition coefficient (Wildman–Crippen LogP) is 5.83. The van der Waals surface area contributed by atoms with Crippen molar-refractivity contribution in [3.8, 4) is 0 Å². The van der Waals surface area contributed by atoms with E-state index in [1.165, 1.54) is 0 Å². The molecule has 6 heteroatoms. The summed E-state index contributed by atoms with van der Waals surface area (Å²) in [6.45, 7) is 0. The summed E-state index contributed by atoms with van der Waals surface area (Å²) >= 11 is -2.24. The number of hydrogen-bond donors (Lipinski definition) is 0. The van der Waals surface area contributed by atoms with Crippen molar-refractivity contribution in [1.82, 2.24) is 0 Å². The van der Waals surface area contributed by atoms with Crippen LogP contribution in [0, 0.1) is 0 Å². The zero-order chi connectivity index (χ0) is 18.6. The Morgan fingerprint density at radius 1 is 0.364 bits per heavy atom. The van der Waals surface area contributed by atoms with Crippen molar-refractivity contribution >= 4 is 121 Å². The normalized spacial score (nSPS) is 11.6. The Morgan fingerprint density at radius 3 is 0.500 bits per heavy atom.